The van der Waals surface area contributed by atoms with Crippen molar-refractivity contribution in [2.24, 2.45) is 23.7 Å². The highest BCUT2D eigenvalue weighted by molar-refractivity contribution is 7.85. The Morgan fingerprint density at radius 3 is 1.54 bits per heavy atom. The molecule has 0 aliphatic carbocycles. The Bertz CT molecular complexity index is 398. The van der Waals surface area contributed by atoms with Crippen molar-refractivity contribution in [1.82, 2.24) is 0 Å². The van der Waals surface area contributed by atoms with Gasteiger partial charge in [0.25, 0.3) is 10.1 Å². The molecular formula is C17H38O8S. The summed E-state index contributed by atoms with van der Waals surface area (Å²) in [5.74, 6) is 1.03. The normalized spacial score (nSPS) is 14.2. The Morgan fingerprint density at radius 1 is 0.808 bits per heavy atom. The molecule has 0 saturated carbocycles. The number of aliphatic hydroxyl groups is 1. The minimum absolute atomic E-state index is 0.0508. The molecule has 0 heterocycles. The monoisotopic (exact) mass is 402 g/mol. The average Bonchev–Trinajstić information content (AvgIpc) is 2.54. The van der Waals surface area contributed by atoms with Crippen LogP contribution in [0, 0.1) is 23.7 Å². The van der Waals surface area contributed by atoms with Gasteiger partial charge in [-0.25, -0.2) is 0 Å². The van der Waals surface area contributed by atoms with Crippen molar-refractivity contribution < 1.29 is 36.7 Å². The Morgan fingerprint density at radius 2 is 1.23 bits per heavy atom. The van der Waals surface area contributed by atoms with Gasteiger partial charge in [0.1, 0.15) is 13.6 Å². The van der Waals surface area contributed by atoms with Crippen LogP contribution in [0.15, 0.2) is 0 Å². The number of hydrogen-bond donors (Lipinski definition) is 1. The maximum absolute atomic E-state index is 10.8. The summed E-state index contributed by atoms with van der Waals surface area (Å²) in [5.41, 5.74) is 0. The summed E-state index contributed by atoms with van der Waals surface area (Å²) in [6.07, 6.45) is 1.04. The molecule has 0 spiro atoms. The zero-order valence-electron chi connectivity index (χ0n) is 17.3. The predicted molar refractivity (Wildman–Crippen MR) is 100 cm³/mol. The van der Waals surface area contributed by atoms with E-state index in [1.54, 1.807) is 7.11 Å². The molecule has 0 aromatic carbocycles. The van der Waals surface area contributed by atoms with E-state index in [2.05, 4.69) is 13.8 Å². The summed E-state index contributed by atoms with van der Waals surface area (Å²) in [7, 11) is -0.244. The van der Waals surface area contributed by atoms with E-state index in [1.807, 2.05) is 13.8 Å². The smallest absolute Gasteiger partial charge is 0.264 e. The third-order valence-corrected chi connectivity index (χ3v) is 4.25. The van der Waals surface area contributed by atoms with Crippen LogP contribution in [0.5, 0.6) is 0 Å². The molecule has 0 radical (unpaired) electrons. The number of ether oxygens (including phenoxy) is 4. The summed E-state index contributed by atoms with van der Waals surface area (Å²) in [6.45, 7) is 9.98. The van der Waals surface area contributed by atoms with Gasteiger partial charge < -0.3 is 24.1 Å². The van der Waals surface area contributed by atoms with E-state index in [1.165, 1.54) is 7.11 Å². The molecule has 1 N–H and O–H groups in total. The van der Waals surface area contributed by atoms with E-state index >= 15 is 0 Å². The van der Waals surface area contributed by atoms with Gasteiger partial charge in [-0.05, 0) is 11.8 Å². The second-order valence-corrected chi connectivity index (χ2v) is 8.38. The Hall–Kier alpha value is -0.290. The minimum atomic E-state index is -3.37. The highest BCUT2D eigenvalue weighted by atomic mass is 32.2. The van der Waals surface area contributed by atoms with Gasteiger partial charge >= 0.3 is 0 Å². The third kappa shape index (κ3) is 18.5. The van der Waals surface area contributed by atoms with Gasteiger partial charge in [-0.2, -0.15) is 8.42 Å². The molecule has 2 atom stereocenters. The lowest BCUT2D eigenvalue weighted by Crippen LogP contribution is -2.23. The van der Waals surface area contributed by atoms with Gasteiger partial charge in [0, 0.05) is 32.7 Å². The highest BCUT2D eigenvalue weighted by Crippen LogP contribution is 2.13. The Labute approximate surface area is 159 Å². The zero-order chi connectivity index (χ0) is 20.6. The average molecular weight is 403 g/mol. The van der Waals surface area contributed by atoms with Crippen LogP contribution in [0.4, 0.5) is 0 Å². The molecule has 0 rings (SSSR count). The fourth-order valence-electron chi connectivity index (χ4n) is 1.67. The van der Waals surface area contributed by atoms with Crippen molar-refractivity contribution in [1.29, 1.82) is 0 Å². The van der Waals surface area contributed by atoms with Gasteiger partial charge in [-0.1, -0.05) is 27.7 Å². The molecule has 0 unspecified atom stereocenters. The molecule has 160 valence electrons. The molecular weight excluding hydrogens is 364 g/mol. The van der Waals surface area contributed by atoms with Gasteiger partial charge in [-0.15, -0.1) is 0 Å². The van der Waals surface area contributed by atoms with Crippen LogP contribution in [0.3, 0.4) is 0 Å². The van der Waals surface area contributed by atoms with Crippen molar-refractivity contribution in [3.63, 3.8) is 0 Å². The number of hydrogen-bond acceptors (Lipinski definition) is 8. The largest absolute Gasteiger partial charge is 0.396 e. The lowest BCUT2D eigenvalue weighted by molar-refractivity contribution is -0.0551. The first-order valence-corrected chi connectivity index (χ1v) is 10.5. The Kier molecular flexibility index (Phi) is 18.1. The van der Waals surface area contributed by atoms with Gasteiger partial charge in [0.15, 0.2) is 0 Å². The van der Waals surface area contributed by atoms with Crippen molar-refractivity contribution in [3.05, 3.63) is 0 Å². The molecule has 26 heavy (non-hydrogen) atoms. The maximum Gasteiger partial charge on any atom is 0.264 e. The van der Waals surface area contributed by atoms with Gasteiger partial charge in [0.05, 0.1) is 26.1 Å². The molecule has 0 aromatic heterocycles. The first kappa shape index (κ1) is 27.9. The van der Waals surface area contributed by atoms with E-state index in [0.717, 1.165) is 6.26 Å². The summed E-state index contributed by atoms with van der Waals surface area (Å²) in [5, 5.41) is 8.87. The lowest BCUT2D eigenvalue weighted by Gasteiger charge is -2.19. The summed E-state index contributed by atoms with van der Waals surface area (Å²) in [6, 6.07) is 0. The second kappa shape index (κ2) is 16.9. The molecule has 0 bridgehead atoms. The fraction of sp³-hybridized carbons (Fsp3) is 1.00. The van der Waals surface area contributed by atoms with Crippen molar-refractivity contribution >= 4 is 10.1 Å². The van der Waals surface area contributed by atoms with Crippen LogP contribution in [-0.2, 0) is 33.2 Å². The molecule has 0 saturated heterocycles. The molecule has 0 aliphatic heterocycles. The fourth-order valence-corrected chi connectivity index (χ4v) is 2.09. The summed E-state index contributed by atoms with van der Waals surface area (Å²) in [4.78, 5) is 0. The van der Waals surface area contributed by atoms with E-state index in [9.17, 15) is 8.42 Å². The highest BCUT2D eigenvalue weighted by Gasteiger charge is 2.16. The number of rotatable bonds is 14. The van der Waals surface area contributed by atoms with Gasteiger partial charge in [0.2, 0.25) is 0 Å². The van der Waals surface area contributed by atoms with Crippen LogP contribution in [-0.4, -0.2) is 74.0 Å². The standard InChI is InChI=1S/C9H20O5S.C8H18O3/c1-8(2)9(5-13-7-12-3)6-14-15(4,10)11;1-7(2)8(4-9)5-11-6-10-3/h8-9H,5-7H2,1-4H3;7-9H,4-6H2,1-3H3/t9-;8-/m01/s1. The van der Waals surface area contributed by atoms with Crippen LogP contribution in [0.25, 0.3) is 0 Å². The minimum Gasteiger partial charge on any atom is -0.396 e. The topological polar surface area (TPSA) is 101 Å². The molecule has 8 nitrogen and oxygen atoms in total. The molecule has 0 amide bonds. The van der Waals surface area contributed by atoms with Crippen LogP contribution < -0.4 is 0 Å². The van der Waals surface area contributed by atoms with E-state index in [-0.39, 0.29) is 31.8 Å². The van der Waals surface area contributed by atoms with Crippen LogP contribution in [0.1, 0.15) is 27.7 Å². The number of methoxy groups -OCH3 is 2. The molecule has 9 heteroatoms. The first-order chi connectivity index (χ1) is 12.1. The summed E-state index contributed by atoms with van der Waals surface area (Å²) < 4.78 is 46.1. The van der Waals surface area contributed by atoms with Crippen molar-refractivity contribution in [3.8, 4) is 0 Å². The van der Waals surface area contributed by atoms with E-state index in [0.29, 0.717) is 31.8 Å². The maximum atomic E-state index is 10.8. The second-order valence-electron chi connectivity index (χ2n) is 6.73. The van der Waals surface area contributed by atoms with Crippen molar-refractivity contribution in [2.75, 3.05) is 60.5 Å². The van der Waals surface area contributed by atoms with Gasteiger partial charge in [-0.3, -0.25) is 4.18 Å². The number of aliphatic hydroxyl groups excluding tert-OH is 1. The molecule has 0 fully saturated rings. The van der Waals surface area contributed by atoms with Crippen LogP contribution >= 0.6 is 0 Å². The molecule has 0 aromatic rings. The molecule has 0 aliphatic rings. The quantitative estimate of drug-likeness (QED) is 0.266. The predicted octanol–water partition coefficient (Wildman–Crippen LogP) is 1.73. The van der Waals surface area contributed by atoms with Crippen molar-refractivity contribution in [2.45, 2.75) is 27.7 Å². The lowest BCUT2D eigenvalue weighted by atomic mass is 9.98. The van der Waals surface area contributed by atoms with Crippen LogP contribution in [0.2, 0.25) is 0 Å². The first-order valence-electron chi connectivity index (χ1n) is 8.67. The summed E-state index contributed by atoms with van der Waals surface area (Å²) >= 11 is 0. The van der Waals surface area contributed by atoms with E-state index in [4.69, 9.17) is 28.2 Å². The third-order valence-electron chi connectivity index (χ3n) is 3.68. The van der Waals surface area contributed by atoms with E-state index < -0.39 is 10.1 Å². The SMILES string of the molecule is COCOC[C@@H](CO)C(C)C.COCOC[C@@H](COS(C)(=O)=O)C(C)C. The Balaban J connectivity index is 0. The zero-order valence-corrected chi connectivity index (χ0v) is 18.1.